The van der Waals surface area contributed by atoms with Gasteiger partial charge in [0.25, 0.3) is 0 Å². The Hall–Kier alpha value is -2.35. The Morgan fingerprint density at radius 1 is 1.47 bits per heavy atom. The molecule has 1 aliphatic heterocycles. The number of hydrogen-bond acceptors (Lipinski definition) is 5. The summed E-state index contributed by atoms with van der Waals surface area (Å²) in [6.45, 7) is 0. The molecule has 96 valence electrons. The van der Waals surface area contributed by atoms with Crippen LogP contribution in [0.5, 0.6) is 5.75 Å². The lowest BCUT2D eigenvalue weighted by Gasteiger charge is -2.22. The zero-order chi connectivity index (χ0) is 13.4. The molecule has 3 N–H and O–H groups in total. The van der Waals surface area contributed by atoms with Gasteiger partial charge in [-0.05, 0) is 18.3 Å². The van der Waals surface area contributed by atoms with Crippen molar-refractivity contribution in [3.63, 3.8) is 0 Å². The van der Waals surface area contributed by atoms with Crippen molar-refractivity contribution in [3.8, 4) is 17.0 Å². The number of rotatable bonds is 2. The molecule has 0 fully saturated rings. The molecule has 0 radical (unpaired) electrons. The van der Waals surface area contributed by atoms with Gasteiger partial charge >= 0.3 is 13.1 Å². The SMILES string of the molecule is O=C(O)c1c(-c2cn[nH]n2)ccc2c1OB(O)CC2. The topological polar surface area (TPSA) is 108 Å². The standard InChI is InChI=1S/C11H10BN3O4/c16-11(17)9-7(8-5-13-15-14-8)2-1-6-3-4-12(18)19-10(6)9/h1-2,5,18H,3-4H2,(H,16,17)(H,13,14,15). The van der Waals surface area contributed by atoms with E-state index in [-0.39, 0.29) is 11.3 Å². The molecule has 0 amide bonds. The minimum Gasteiger partial charge on any atom is -0.535 e. The van der Waals surface area contributed by atoms with E-state index in [2.05, 4.69) is 15.4 Å². The van der Waals surface area contributed by atoms with Gasteiger partial charge in [-0.15, -0.1) is 0 Å². The van der Waals surface area contributed by atoms with Crippen LogP contribution in [0.4, 0.5) is 0 Å². The van der Waals surface area contributed by atoms with Crippen molar-refractivity contribution >= 4 is 13.1 Å². The van der Waals surface area contributed by atoms with Gasteiger partial charge in [-0.2, -0.15) is 15.4 Å². The molecule has 0 atom stereocenters. The van der Waals surface area contributed by atoms with Gasteiger partial charge in [-0.25, -0.2) is 4.79 Å². The summed E-state index contributed by atoms with van der Waals surface area (Å²) in [4.78, 5) is 11.5. The summed E-state index contributed by atoms with van der Waals surface area (Å²) in [6, 6.07) is 3.47. The van der Waals surface area contributed by atoms with E-state index >= 15 is 0 Å². The predicted molar refractivity (Wildman–Crippen MR) is 65.9 cm³/mol. The summed E-state index contributed by atoms with van der Waals surface area (Å²) < 4.78 is 5.28. The molecule has 7 nitrogen and oxygen atoms in total. The maximum atomic E-state index is 11.5. The van der Waals surface area contributed by atoms with Crippen LogP contribution in [0.15, 0.2) is 18.3 Å². The second kappa shape index (κ2) is 4.40. The quantitative estimate of drug-likeness (QED) is 0.681. The van der Waals surface area contributed by atoms with Crippen LogP contribution in [0, 0.1) is 0 Å². The number of aromatic nitrogens is 3. The molecule has 8 heteroatoms. The highest BCUT2D eigenvalue weighted by Gasteiger charge is 2.30. The Morgan fingerprint density at radius 3 is 3.00 bits per heavy atom. The number of nitrogens with zero attached hydrogens (tertiary/aromatic N) is 2. The number of fused-ring (bicyclic) bond motifs is 1. The molecule has 0 bridgehead atoms. The average Bonchev–Trinajstić information content (AvgIpc) is 2.90. The van der Waals surface area contributed by atoms with Gasteiger partial charge < -0.3 is 14.8 Å². The van der Waals surface area contributed by atoms with Gasteiger partial charge in [0.1, 0.15) is 17.0 Å². The molecule has 3 rings (SSSR count). The first-order valence-corrected chi connectivity index (χ1v) is 5.77. The summed E-state index contributed by atoms with van der Waals surface area (Å²) >= 11 is 0. The summed E-state index contributed by atoms with van der Waals surface area (Å²) in [7, 11) is -0.974. The summed E-state index contributed by atoms with van der Waals surface area (Å²) in [5.41, 5.74) is 1.61. The molecular formula is C11H10BN3O4. The van der Waals surface area contributed by atoms with Gasteiger partial charge in [0, 0.05) is 5.56 Å². The molecule has 1 aromatic heterocycles. The third kappa shape index (κ3) is 1.95. The number of aromatic amines is 1. The molecule has 19 heavy (non-hydrogen) atoms. The van der Waals surface area contributed by atoms with Gasteiger partial charge in [-0.3, -0.25) is 0 Å². The van der Waals surface area contributed by atoms with Crippen LogP contribution in [-0.4, -0.2) is 38.6 Å². The fourth-order valence-corrected chi connectivity index (χ4v) is 2.19. The normalized spacial score (nSPS) is 13.8. The lowest BCUT2D eigenvalue weighted by Crippen LogP contribution is -2.28. The number of carboxylic acid groups (broad SMARTS) is 1. The van der Waals surface area contributed by atoms with E-state index in [1.807, 2.05) is 0 Å². The highest BCUT2D eigenvalue weighted by molar-refractivity contribution is 6.44. The van der Waals surface area contributed by atoms with Crippen LogP contribution in [0.3, 0.4) is 0 Å². The van der Waals surface area contributed by atoms with Crippen molar-refractivity contribution in [2.75, 3.05) is 0 Å². The van der Waals surface area contributed by atoms with Crippen LogP contribution < -0.4 is 4.65 Å². The molecule has 0 saturated heterocycles. The van der Waals surface area contributed by atoms with Crippen LogP contribution in [0.25, 0.3) is 11.3 Å². The number of aromatic carboxylic acids is 1. The number of nitrogens with one attached hydrogen (secondary N) is 1. The summed E-state index contributed by atoms with van der Waals surface area (Å²) in [5, 5.41) is 28.9. The molecule has 0 unspecified atom stereocenters. The molecular weight excluding hydrogens is 249 g/mol. The largest absolute Gasteiger partial charge is 0.535 e. The molecule has 1 aliphatic rings. The van der Waals surface area contributed by atoms with E-state index in [0.29, 0.717) is 24.0 Å². The van der Waals surface area contributed by atoms with Crippen molar-refractivity contribution in [2.24, 2.45) is 0 Å². The van der Waals surface area contributed by atoms with Crippen molar-refractivity contribution in [2.45, 2.75) is 12.7 Å². The van der Waals surface area contributed by atoms with Crippen molar-refractivity contribution < 1.29 is 19.6 Å². The number of hydrogen-bond donors (Lipinski definition) is 3. The minimum atomic E-state index is -1.12. The van der Waals surface area contributed by atoms with E-state index in [0.717, 1.165) is 5.56 Å². The monoisotopic (exact) mass is 259 g/mol. The molecule has 0 saturated carbocycles. The van der Waals surface area contributed by atoms with Gasteiger partial charge in [0.15, 0.2) is 0 Å². The van der Waals surface area contributed by atoms with Crippen molar-refractivity contribution in [1.29, 1.82) is 0 Å². The van der Waals surface area contributed by atoms with E-state index in [4.69, 9.17) is 4.65 Å². The third-order valence-corrected chi connectivity index (χ3v) is 3.06. The Bertz CT molecular complexity index is 629. The number of carbonyl (C=O) groups is 1. The smallest absolute Gasteiger partial charge is 0.522 e. The highest BCUT2D eigenvalue weighted by Crippen LogP contribution is 2.36. The number of benzene rings is 1. The molecule has 2 heterocycles. The number of aryl methyl sites for hydroxylation is 1. The molecule has 0 aliphatic carbocycles. The lowest BCUT2D eigenvalue weighted by atomic mass is 9.78. The van der Waals surface area contributed by atoms with Crippen LogP contribution in [0.1, 0.15) is 15.9 Å². The average molecular weight is 259 g/mol. The predicted octanol–water partition coefficient (Wildman–Crippen LogP) is 0.585. The van der Waals surface area contributed by atoms with Gasteiger partial charge in [-0.1, -0.05) is 12.1 Å². The summed E-state index contributed by atoms with van der Waals surface area (Å²) in [6.07, 6.45) is 2.47. The number of carboxylic acids is 1. The first-order chi connectivity index (χ1) is 9.16. The number of H-pyrrole nitrogens is 1. The second-order valence-corrected chi connectivity index (χ2v) is 4.25. The minimum absolute atomic E-state index is 0.00477. The van der Waals surface area contributed by atoms with Gasteiger partial charge in [0.05, 0.1) is 6.20 Å². The van der Waals surface area contributed by atoms with E-state index in [1.165, 1.54) is 6.20 Å². The van der Waals surface area contributed by atoms with Crippen molar-refractivity contribution in [3.05, 3.63) is 29.5 Å². The Morgan fingerprint density at radius 2 is 2.32 bits per heavy atom. The fourth-order valence-electron chi connectivity index (χ4n) is 2.19. The molecule has 0 spiro atoms. The van der Waals surface area contributed by atoms with Gasteiger partial charge in [0.2, 0.25) is 0 Å². The highest BCUT2D eigenvalue weighted by atomic mass is 16.5. The van der Waals surface area contributed by atoms with E-state index in [9.17, 15) is 14.9 Å². The van der Waals surface area contributed by atoms with Crippen LogP contribution in [-0.2, 0) is 6.42 Å². The lowest BCUT2D eigenvalue weighted by molar-refractivity contribution is 0.0695. The fraction of sp³-hybridized carbons (Fsp3) is 0.182. The molecule has 1 aromatic carbocycles. The Balaban J connectivity index is 2.22. The maximum Gasteiger partial charge on any atom is 0.522 e. The van der Waals surface area contributed by atoms with Crippen LogP contribution >= 0.6 is 0 Å². The Labute approximate surface area is 108 Å². The van der Waals surface area contributed by atoms with Crippen LogP contribution in [0.2, 0.25) is 6.32 Å². The maximum absolute atomic E-state index is 11.5. The zero-order valence-corrected chi connectivity index (χ0v) is 9.83. The van der Waals surface area contributed by atoms with Crippen molar-refractivity contribution in [1.82, 2.24) is 15.4 Å². The summed E-state index contributed by atoms with van der Waals surface area (Å²) in [5.74, 6) is -0.907. The first-order valence-electron chi connectivity index (χ1n) is 5.77. The molecule has 2 aromatic rings. The second-order valence-electron chi connectivity index (χ2n) is 4.25. The zero-order valence-electron chi connectivity index (χ0n) is 9.83. The van der Waals surface area contributed by atoms with E-state index in [1.54, 1.807) is 12.1 Å². The Kier molecular flexibility index (Phi) is 2.71. The van der Waals surface area contributed by atoms with E-state index < -0.39 is 13.1 Å². The first kappa shape index (κ1) is 11.7. The third-order valence-electron chi connectivity index (χ3n) is 3.06.